The van der Waals surface area contributed by atoms with Crippen LogP contribution < -0.4 is 10.6 Å². The van der Waals surface area contributed by atoms with Gasteiger partial charge in [-0.2, -0.15) is 0 Å². The minimum Gasteiger partial charge on any atom is -0.465 e. The van der Waals surface area contributed by atoms with E-state index in [1.54, 1.807) is 0 Å². The van der Waals surface area contributed by atoms with E-state index in [1.807, 2.05) is 6.92 Å². The number of ether oxygens (including phenoxy) is 1. The molecule has 2 unspecified atom stereocenters. The molecule has 1 fully saturated rings. The highest BCUT2D eigenvalue weighted by Crippen LogP contribution is 2.37. The van der Waals surface area contributed by atoms with Gasteiger partial charge in [0.25, 0.3) is 0 Å². The van der Waals surface area contributed by atoms with Crippen molar-refractivity contribution in [2.24, 2.45) is 11.8 Å². The van der Waals surface area contributed by atoms with Gasteiger partial charge in [0.05, 0.1) is 6.61 Å². The Balaban J connectivity index is 2.39. The maximum atomic E-state index is 12.6. The molecule has 0 aliphatic heterocycles. The highest BCUT2D eigenvalue weighted by Gasteiger charge is 2.51. The van der Waals surface area contributed by atoms with Crippen LogP contribution in [-0.4, -0.2) is 37.1 Å². The Labute approximate surface area is 160 Å². The van der Waals surface area contributed by atoms with Crippen LogP contribution in [0, 0.1) is 11.8 Å². The van der Waals surface area contributed by atoms with Crippen LogP contribution >= 0.6 is 0 Å². The fourth-order valence-electron chi connectivity index (χ4n) is 3.40. The molecule has 0 bridgehead atoms. The SMILES string of the molecule is CCCCCCCNC(=O)C(CCC)C(C)CNC1(C(=O)OCC)CC1. The predicted molar refractivity (Wildman–Crippen MR) is 106 cm³/mol. The number of hydrogen-bond acceptors (Lipinski definition) is 4. The lowest BCUT2D eigenvalue weighted by molar-refractivity contribution is -0.147. The average molecular weight is 369 g/mol. The molecule has 1 rings (SSSR count). The Kier molecular flexibility index (Phi) is 10.9. The minimum absolute atomic E-state index is 0.00105. The van der Waals surface area contributed by atoms with E-state index >= 15 is 0 Å². The molecule has 2 N–H and O–H groups in total. The number of unbranched alkanes of at least 4 members (excludes halogenated alkanes) is 4. The maximum Gasteiger partial charge on any atom is 0.326 e. The summed E-state index contributed by atoms with van der Waals surface area (Å²) >= 11 is 0. The molecule has 1 aliphatic carbocycles. The molecular weight excluding hydrogens is 328 g/mol. The molecular formula is C21H40N2O3. The van der Waals surface area contributed by atoms with E-state index < -0.39 is 5.54 Å². The lowest BCUT2D eigenvalue weighted by Crippen LogP contribution is -2.45. The summed E-state index contributed by atoms with van der Waals surface area (Å²) in [5, 5.41) is 6.51. The van der Waals surface area contributed by atoms with Crippen LogP contribution in [-0.2, 0) is 14.3 Å². The first-order valence-electron chi connectivity index (χ1n) is 10.7. The summed E-state index contributed by atoms with van der Waals surface area (Å²) in [7, 11) is 0. The molecule has 0 aromatic heterocycles. The van der Waals surface area contributed by atoms with Gasteiger partial charge in [0.2, 0.25) is 5.91 Å². The summed E-state index contributed by atoms with van der Waals surface area (Å²) in [5.41, 5.74) is -0.489. The van der Waals surface area contributed by atoms with Crippen LogP contribution in [0.1, 0.15) is 85.5 Å². The molecule has 0 heterocycles. The topological polar surface area (TPSA) is 67.4 Å². The van der Waals surface area contributed by atoms with E-state index in [0.717, 1.165) is 38.6 Å². The Morgan fingerprint density at radius 3 is 2.31 bits per heavy atom. The molecule has 5 nitrogen and oxygen atoms in total. The standard InChI is InChI=1S/C21H40N2O3/c1-5-8-9-10-11-15-22-19(24)18(12-6-2)17(4)16-23-21(13-14-21)20(25)26-7-3/h17-18,23H,5-16H2,1-4H3,(H,22,24). The molecule has 0 aromatic rings. The van der Waals surface area contributed by atoms with Crippen molar-refractivity contribution < 1.29 is 14.3 Å². The molecule has 0 aromatic carbocycles. The molecule has 1 amide bonds. The zero-order chi connectivity index (χ0) is 19.4. The van der Waals surface area contributed by atoms with Crippen molar-refractivity contribution in [1.82, 2.24) is 10.6 Å². The zero-order valence-corrected chi connectivity index (χ0v) is 17.4. The molecule has 152 valence electrons. The van der Waals surface area contributed by atoms with Crippen molar-refractivity contribution in [3.8, 4) is 0 Å². The third-order valence-corrected chi connectivity index (χ3v) is 5.38. The summed E-state index contributed by atoms with van der Waals surface area (Å²) in [6.07, 6.45) is 9.55. The number of rotatable bonds is 15. The van der Waals surface area contributed by atoms with Crippen LogP contribution in [0.25, 0.3) is 0 Å². The molecule has 2 atom stereocenters. The summed E-state index contributed by atoms with van der Waals surface area (Å²) in [6, 6.07) is 0. The van der Waals surface area contributed by atoms with E-state index in [0.29, 0.717) is 13.2 Å². The fourth-order valence-corrected chi connectivity index (χ4v) is 3.40. The third kappa shape index (κ3) is 7.65. The lowest BCUT2D eigenvalue weighted by Gasteiger charge is -2.25. The first-order chi connectivity index (χ1) is 12.5. The second-order valence-electron chi connectivity index (χ2n) is 7.76. The van der Waals surface area contributed by atoms with Crippen molar-refractivity contribution >= 4 is 11.9 Å². The third-order valence-electron chi connectivity index (χ3n) is 5.38. The van der Waals surface area contributed by atoms with Crippen molar-refractivity contribution in [3.05, 3.63) is 0 Å². The lowest BCUT2D eigenvalue weighted by atomic mass is 9.88. The molecule has 0 saturated heterocycles. The monoisotopic (exact) mass is 368 g/mol. The van der Waals surface area contributed by atoms with E-state index in [2.05, 4.69) is 31.4 Å². The smallest absolute Gasteiger partial charge is 0.326 e. The van der Waals surface area contributed by atoms with Gasteiger partial charge in [0.15, 0.2) is 0 Å². The second-order valence-corrected chi connectivity index (χ2v) is 7.76. The summed E-state index contributed by atoms with van der Waals surface area (Å²) in [6.45, 7) is 10.1. The number of carbonyl (C=O) groups excluding carboxylic acids is 2. The van der Waals surface area contributed by atoms with Crippen LogP contribution in [0.5, 0.6) is 0 Å². The molecule has 1 aliphatic rings. The van der Waals surface area contributed by atoms with Gasteiger partial charge in [-0.25, -0.2) is 0 Å². The minimum atomic E-state index is -0.489. The van der Waals surface area contributed by atoms with E-state index in [-0.39, 0.29) is 23.7 Å². The van der Waals surface area contributed by atoms with E-state index in [4.69, 9.17) is 4.74 Å². The Hall–Kier alpha value is -1.10. The highest BCUT2D eigenvalue weighted by molar-refractivity contribution is 5.84. The highest BCUT2D eigenvalue weighted by atomic mass is 16.5. The Morgan fingerprint density at radius 1 is 1.04 bits per heavy atom. The van der Waals surface area contributed by atoms with Gasteiger partial charge in [-0.15, -0.1) is 0 Å². The molecule has 1 saturated carbocycles. The summed E-state index contributed by atoms with van der Waals surface area (Å²) < 4.78 is 5.17. The quantitative estimate of drug-likeness (QED) is 0.341. The largest absolute Gasteiger partial charge is 0.465 e. The molecule has 26 heavy (non-hydrogen) atoms. The Bertz CT molecular complexity index is 421. The van der Waals surface area contributed by atoms with Gasteiger partial charge < -0.3 is 15.4 Å². The van der Waals surface area contributed by atoms with Crippen molar-refractivity contribution in [3.63, 3.8) is 0 Å². The molecule has 0 spiro atoms. The number of amides is 1. The summed E-state index contributed by atoms with van der Waals surface area (Å²) in [4.78, 5) is 24.7. The van der Waals surface area contributed by atoms with Crippen molar-refractivity contribution in [2.45, 2.75) is 91.0 Å². The average Bonchev–Trinajstić information content (AvgIpc) is 3.42. The maximum absolute atomic E-state index is 12.6. The Morgan fingerprint density at radius 2 is 1.73 bits per heavy atom. The van der Waals surface area contributed by atoms with E-state index in [9.17, 15) is 9.59 Å². The summed E-state index contributed by atoms with van der Waals surface area (Å²) in [5.74, 6) is 0.219. The van der Waals surface area contributed by atoms with Gasteiger partial charge in [0, 0.05) is 12.5 Å². The van der Waals surface area contributed by atoms with Crippen LogP contribution in [0.15, 0.2) is 0 Å². The zero-order valence-electron chi connectivity index (χ0n) is 17.4. The van der Waals surface area contributed by atoms with E-state index in [1.165, 1.54) is 25.7 Å². The van der Waals surface area contributed by atoms with Crippen molar-refractivity contribution in [1.29, 1.82) is 0 Å². The number of nitrogens with one attached hydrogen (secondary N) is 2. The predicted octanol–water partition coefficient (Wildman–Crippen LogP) is 3.81. The second kappa shape index (κ2) is 12.3. The number of esters is 1. The van der Waals surface area contributed by atoms with Crippen LogP contribution in [0.2, 0.25) is 0 Å². The number of carbonyl (C=O) groups is 2. The van der Waals surface area contributed by atoms with Crippen LogP contribution in [0.3, 0.4) is 0 Å². The fraction of sp³-hybridized carbons (Fsp3) is 0.905. The normalized spacial score (nSPS) is 17.4. The van der Waals surface area contributed by atoms with Gasteiger partial charge >= 0.3 is 5.97 Å². The molecule has 0 radical (unpaired) electrons. The van der Waals surface area contributed by atoms with Crippen LogP contribution in [0.4, 0.5) is 0 Å². The number of hydrogen-bond donors (Lipinski definition) is 2. The first kappa shape index (κ1) is 22.9. The molecule has 5 heteroatoms. The van der Waals surface area contributed by atoms with Gasteiger partial charge in [-0.1, -0.05) is 52.9 Å². The van der Waals surface area contributed by atoms with Gasteiger partial charge in [0.1, 0.15) is 5.54 Å². The van der Waals surface area contributed by atoms with Crippen molar-refractivity contribution in [2.75, 3.05) is 19.7 Å². The van der Waals surface area contributed by atoms with Gasteiger partial charge in [-0.3, -0.25) is 9.59 Å². The van der Waals surface area contributed by atoms with Gasteiger partial charge in [-0.05, 0) is 45.1 Å². The first-order valence-corrected chi connectivity index (χ1v) is 10.7.